The van der Waals surface area contributed by atoms with Gasteiger partial charge < -0.3 is 10.2 Å². The SMILES string of the molecule is Cl.Ic1cnc(N2CCNCC2)nc1. The molecular formula is C8H12ClIN4. The summed E-state index contributed by atoms with van der Waals surface area (Å²) in [6, 6.07) is 0. The van der Waals surface area contributed by atoms with E-state index in [4.69, 9.17) is 0 Å². The van der Waals surface area contributed by atoms with E-state index in [0.29, 0.717) is 0 Å². The topological polar surface area (TPSA) is 41.1 Å². The van der Waals surface area contributed by atoms with Crippen molar-refractivity contribution in [1.29, 1.82) is 0 Å². The van der Waals surface area contributed by atoms with E-state index in [1.165, 1.54) is 0 Å². The Morgan fingerprint density at radius 2 is 1.79 bits per heavy atom. The van der Waals surface area contributed by atoms with Gasteiger partial charge in [0.25, 0.3) is 0 Å². The quantitative estimate of drug-likeness (QED) is 0.779. The zero-order chi connectivity index (χ0) is 9.10. The average Bonchev–Trinajstić information content (AvgIpc) is 2.20. The van der Waals surface area contributed by atoms with Crippen LogP contribution in [0.4, 0.5) is 5.95 Å². The van der Waals surface area contributed by atoms with Gasteiger partial charge in [-0.25, -0.2) is 9.97 Å². The standard InChI is InChI=1S/C8H11IN4.ClH/c9-7-5-11-8(12-6-7)13-3-1-10-2-4-13;/h5-6,10H,1-4H2;1H. The van der Waals surface area contributed by atoms with Crippen LogP contribution in [0.25, 0.3) is 0 Å². The van der Waals surface area contributed by atoms with Crippen LogP contribution in [0.3, 0.4) is 0 Å². The highest BCUT2D eigenvalue weighted by Gasteiger charge is 2.11. The molecule has 0 amide bonds. The van der Waals surface area contributed by atoms with Gasteiger partial charge in [0.05, 0.1) is 0 Å². The smallest absolute Gasteiger partial charge is 0.225 e. The van der Waals surface area contributed by atoms with Crippen molar-refractivity contribution in [1.82, 2.24) is 15.3 Å². The minimum atomic E-state index is 0. The highest BCUT2D eigenvalue weighted by molar-refractivity contribution is 14.1. The molecule has 2 rings (SSSR count). The summed E-state index contributed by atoms with van der Waals surface area (Å²) in [5.41, 5.74) is 0. The first kappa shape index (κ1) is 11.9. The molecule has 1 aliphatic heterocycles. The molecule has 1 aliphatic rings. The number of anilines is 1. The van der Waals surface area contributed by atoms with Crippen molar-refractivity contribution in [3.05, 3.63) is 16.0 Å². The zero-order valence-corrected chi connectivity index (χ0v) is 10.6. The first-order chi connectivity index (χ1) is 6.36. The van der Waals surface area contributed by atoms with Gasteiger partial charge in [-0.3, -0.25) is 0 Å². The third-order valence-corrected chi connectivity index (χ3v) is 2.56. The lowest BCUT2D eigenvalue weighted by atomic mass is 10.4. The monoisotopic (exact) mass is 326 g/mol. The first-order valence-corrected chi connectivity index (χ1v) is 5.37. The number of piperazine rings is 1. The molecule has 78 valence electrons. The van der Waals surface area contributed by atoms with Crippen molar-refractivity contribution in [3.63, 3.8) is 0 Å². The number of nitrogens with one attached hydrogen (secondary N) is 1. The molecule has 6 heteroatoms. The van der Waals surface area contributed by atoms with Crippen molar-refractivity contribution >= 4 is 40.9 Å². The van der Waals surface area contributed by atoms with Crippen LogP contribution in [-0.2, 0) is 0 Å². The van der Waals surface area contributed by atoms with Gasteiger partial charge in [-0.2, -0.15) is 0 Å². The molecule has 1 fully saturated rings. The summed E-state index contributed by atoms with van der Waals surface area (Å²) >= 11 is 2.21. The van der Waals surface area contributed by atoms with E-state index in [9.17, 15) is 0 Å². The van der Waals surface area contributed by atoms with E-state index in [0.717, 1.165) is 35.7 Å². The van der Waals surface area contributed by atoms with Gasteiger partial charge in [0.15, 0.2) is 0 Å². The number of nitrogens with zero attached hydrogens (tertiary/aromatic N) is 3. The summed E-state index contributed by atoms with van der Waals surface area (Å²) in [6.07, 6.45) is 3.70. The Bertz CT molecular complexity index is 273. The lowest BCUT2D eigenvalue weighted by Gasteiger charge is -2.27. The van der Waals surface area contributed by atoms with E-state index in [-0.39, 0.29) is 12.4 Å². The fourth-order valence-corrected chi connectivity index (χ4v) is 1.61. The van der Waals surface area contributed by atoms with Crippen LogP contribution in [0.5, 0.6) is 0 Å². The summed E-state index contributed by atoms with van der Waals surface area (Å²) in [5.74, 6) is 0.849. The fraction of sp³-hybridized carbons (Fsp3) is 0.500. The number of hydrogen-bond acceptors (Lipinski definition) is 4. The minimum absolute atomic E-state index is 0. The molecule has 1 N–H and O–H groups in total. The van der Waals surface area contributed by atoms with Gasteiger partial charge in [0.1, 0.15) is 0 Å². The van der Waals surface area contributed by atoms with Gasteiger partial charge in [0, 0.05) is 42.1 Å². The number of hydrogen-bond donors (Lipinski definition) is 1. The van der Waals surface area contributed by atoms with Crippen LogP contribution in [0.2, 0.25) is 0 Å². The molecule has 0 atom stereocenters. The van der Waals surface area contributed by atoms with E-state index < -0.39 is 0 Å². The molecule has 1 saturated heterocycles. The molecular weight excluding hydrogens is 314 g/mol. The molecule has 1 aromatic heterocycles. The van der Waals surface area contributed by atoms with Gasteiger partial charge in [-0.15, -0.1) is 12.4 Å². The normalized spacial score (nSPS) is 16.2. The van der Waals surface area contributed by atoms with Crippen molar-refractivity contribution in [2.45, 2.75) is 0 Å². The average molecular weight is 327 g/mol. The highest BCUT2D eigenvalue weighted by Crippen LogP contribution is 2.08. The van der Waals surface area contributed by atoms with Gasteiger partial charge in [-0.1, -0.05) is 0 Å². The Hall–Kier alpha value is -0.140. The number of halogens is 2. The van der Waals surface area contributed by atoms with Crippen LogP contribution < -0.4 is 10.2 Å². The predicted molar refractivity (Wildman–Crippen MR) is 67.1 cm³/mol. The maximum absolute atomic E-state index is 4.28. The van der Waals surface area contributed by atoms with Crippen molar-refractivity contribution in [2.75, 3.05) is 31.1 Å². The molecule has 0 spiro atoms. The largest absolute Gasteiger partial charge is 0.338 e. The molecule has 0 radical (unpaired) electrons. The van der Waals surface area contributed by atoms with E-state index in [1.807, 2.05) is 12.4 Å². The lowest BCUT2D eigenvalue weighted by molar-refractivity contribution is 0.579. The molecule has 0 bridgehead atoms. The van der Waals surface area contributed by atoms with Gasteiger partial charge in [-0.05, 0) is 22.6 Å². The van der Waals surface area contributed by atoms with Gasteiger partial charge >= 0.3 is 0 Å². The summed E-state index contributed by atoms with van der Waals surface area (Å²) in [6.45, 7) is 4.05. The summed E-state index contributed by atoms with van der Waals surface area (Å²) < 4.78 is 1.08. The van der Waals surface area contributed by atoms with E-state index >= 15 is 0 Å². The molecule has 4 nitrogen and oxygen atoms in total. The van der Waals surface area contributed by atoms with E-state index in [1.54, 1.807) is 0 Å². The summed E-state index contributed by atoms with van der Waals surface area (Å²) in [5, 5.41) is 3.30. The molecule has 1 aromatic rings. The molecule has 14 heavy (non-hydrogen) atoms. The second kappa shape index (κ2) is 5.67. The maximum atomic E-state index is 4.28. The first-order valence-electron chi connectivity index (χ1n) is 4.29. The van der Waals surface area contributed by atoms with Crippen LogP contribution in [-0.4, -0.2) is 36.1 Å². The van der Waals surface area contributed by atoms with Crippen LogP contribution in [0.1, 0.15) is 0 Å². The maximum Gasteiger partial charge on any atom is 0.225 e. The van der Waals surface area contributed by atoms with Crippen molar-refractivity contribution in [2.24, 2.45) is 0 Å². The molecule has 0 aliphatic carbocycles. The van der Waals surface area contributed by atoms with E-state index in [2.05, 4.69) is 42.8 Å². The van der Waals surface area contributed by atoms with Gasteiger partial charge in [0.2, 0.25) is 5.95 Å². The second-order valence-corrected chi connectivity index (χ2v) is 4.18. The summed E-state index contributed by atoms with van der Waals surface area (Å²) in [7, 11) is 0. The third kappa shape index (κ3) is 2.93. The Morgan fingerprint density at radius 1 is 1.21 bits per heavy atom. The Labute approximate surface area is 103 Å². The third-order valence-electron chi connectivity index (χ3n) is 2.01. The van der Waals surface area contributed by atoms with Crippen molar-refractivity contribution in [3.8, 4) is 0 Å². The Kier molecular flexibility index (Phi) is 4.83. The lowest BCUT2D eigenvalue weighted by Crippen LogP contribution is -2.44. The van der Waals surface area contributed by atoms with Crippen molar-refractivity contribution < 1.29 is 0 Å². The van der Waals surface area contributed by atoms with Crippen LogP contribution in [0.15, 0.2) is 12.4 Å². The molecule has 0 aromatic carbocycles. The predicted octanol–water partition coefficient (Wildman–Crippen LogP) is 0.913. The molecule has 0 unspecified atom stereocenters. The zero-order valence-electron chi connectivity index (χ0n) is 7.61. The van der Waals surface area contributed by atoms with Crippen LogP contribution in [0, 0.1) is 3.57 Å². The fourth-order valence-electron chi connectivity index (χ4n) is 1.33. The second-order valence-electron chi connectivity index (χ2n) is 2.94. The van der Waals surface area contributed by atoms with Crippen LogP contribution >= 0.6 is 35.0 Å². The summed E-state index contributed by atoms with van der Waals surface area (Å²) in [4.78, 5) is 10.8. The number of rotatable bonds is 1. The number of aromatic nitrogens is 2. The Balaban J connectivity index is 0.000000980. The highest BCUT2D eigenvalue weighted by atomic mass is 127. The minimum Gasteiger partial charge on any atom is -0.338 e. The molecule has 0 saturated carbocycles. The molecule has 2 heterocycles. The Morgan fingerprint density at radius 3 is 2.36 bits per heavy atom.